The van der Waals surface area contributed by atoms with E-state index in [1.807, 2.05) is 43.4 Å². The highest BCUT2D eigenvalue weighted by Gasteiger charge is 2.20. The molecule has 40 heavy (non-hydrogen) atoms. The van der Waals surface area contributed by atoms with Gasteiger partial charge in [0.05, 0.1) is 6.04 Å². The van der Waals surface area contributed by atoms with Crippen LogP contribution in [0.5, 0.6) is 0 Å². The first-order valence-corrected chi connectivity index (χ1v) is 14.9. The zero-order valence-electron chi connectivity index (χ0n) is 25.4. The third-order valence-electron chi connectivity index (χ3n) is 6.57. The topological polar surface area (TPSA) is 3.24 Å². The monoisotopic (exact) mass is 535 g/mol. The summed E-state index contributed by atoms with van der Waals surface area (Å²) in [6, 6.07) is 10.9. The van der Waals surface area contributed by atoms with Gasteiger partial charge in [-0.1, -0.05) is 155 Å². The highest BCUT2D eigenvalue weighted by atomic mass is 15.2. The van der Waals surface area contributed by atoms with Gasteiger partial charge in [-0.15, -0.1) is 6.58 Å². The highest BCUT2D eigenvalue weighted by molar-refractivity contribution is 5.54. The summed E-state index contributed by atoms with van der Waals surface area (Å²) >= 11 is 0. The second-order valence-electron chi connectivity index (χ2n) is 10.1. The number of anilines is 1. The predicted octanol–water partition coefficient (Wildman–Crippen LogP) is 11.7. The van der Waals surface area contributed by atoms with Crippen LogP contribution in [-0.4, -0.2) is 6.04 Å². The zero-order valence-corrected chi connectivity index (χ0v) is 25.4. The Bertz CT molecular complexity index is 1030. The Morgan fingerprint density at radius 2 is 1.68 bits per heavy atom. The van der Waals surface area contributed by atoms with Crippen molar-refractivity contribution in [3.05, 3.63) is 153 Å². The van der Waals surface area contributed by atoms with Gasteiger partial charge in [0.1, 0.15) is 0 Å². The average Bonchev–Trinajstić information content (AvgIpc) is 3.00. The van der Waals surface area contributed by atoms with Gasteiger partial charge in [-0.3, -0.25) is 0 Å². The maximum Gasteiger partial charge on any atom is 0.0556 e. The van der Waals surface area contributed by atoms with Crippen LogP contribution < -0.4 is 4.90 Å². The van der Waals surface area contributed by atoms with Gasteiger partial charge in [-0.05, 0) is 63.0 Å². The third kappa shape index (κ3) is 15.7. The van der Waals surface area contributed by atoms with Crippen LogP contribution >= 0.6 is 0 Å². The highest BCUT2D eigenvalue weighted by Crippen LogP contribution is 2.28. The SMILES string of the molecule is C=C/C=C\C=C\C.C=CC(C)CC(=C)N(c1ccccc1)C1C=CC=CC1.CCCC/C=C/CC1C=CC=CC1. The lowest BCUT2D eigenvalue weighted by molar-refractivity contribution is 0.658. The van der Waals surface area contributed by atoms with Crippen LogP contribution in [0.2, 0.25) is 0 Å². The number of rotatable bonds is 13. The Hall–Kier alpha value is -3.58. The molecule has 0 heterocycles. The maximum atomic E-state index is 4.31. The molecule has 0 spiro atoms. The lowest BCUT2D eigenvalue weighted by Crippen LogP contribution is -2.33. The molecule has 0 aromatic heterocycles. The lowest BCUT2D eigenvalue weighted by atomic mass is 9.97. The van der Waals surface area contributed by atoms with Crippen molar-refractivity contribution in [2.45, 2.75) is 71.8 Å². The van der Waals surface area contributed by atoms with Gasteiger partial charge in [-0.25, -0.2) is 0 Å². The quantitative estimate of drug-likeness (QED) is 0.138. The van der Waals surface area contributed by atoms with E-state index in [0.717, 1.165) is 24.5 Å². The zero-order chi connectivity index (χ0) is 29.3. The Kier molecular flexibility index (Phi) is 20.1. The molecular formula is C39H53N. The minimum Gasteiger partial charge on any atom is -0.338 e. The molecule has 2 aliphatic rings. The summed E-state index contributed by atoms with van der Waals surface area (Å²) in [5.74, 6) is 1.19. The molecule has 214 valence electrons. The van der Waals surface area contributed by atoms with E-state index in [0.29, 0.717) is 12.0 Å². The fourth-order valence-corrected chi connectivity index (χ4v) is 4.28. The van der Waals surface area contributed by atoms with Crippen molar-refractivity contribution in [3.8, 4) is 0 Å². The van der Waals surface area contributed by atoms with Crippen LogP contribution in [0, 0.1) is 11.8 Å². The molecule has 2 aliphatic carbocycles. The molecule has 3 unspecified atom stereocenters. The van der Waals surface area contributed by atoms with Crippen molar-refractivity contribution in [2.24, 2.45) is 11.8 Å². The molecule has 0 N–H and O–H groups in total. The van der Waals surface area contributed by atoms with Crippen LogP contribution in [0.3, 0.4) is 0 Å². The second kappa shape index (κ2) is 23.3. The molecule has 1 aromatic carbocycles. The van der Waals surface area contributed by atoms with Gasteiger partial charge in [-0.2, -0.15) is 0 Å². The fraction of sp³-hybridized carbons (Fsp3) is 0.333. The fourth-order valence-electron chi connectivity index (χ4n) is 4.28. The van der Waals surface area contributed by atoms with Crippen molar-refractivity contribution in [1.82, 2.24) is 0 Å². The van der Waals surface area contributed by atoms with E-state index in [-0.39, 0.29) is 0 Å². The van der Waals surface area contributed by atoms with Gasteiger partial charge in [0.15, 0.2) is 0 Å². The number of hydrogen-bond donors (Lipinski definition) is 0. The van der Waals surface area contributed by atoms with E-state index in [1.165, 1.54) is 37.8 Å². The van der Waals surface area contributed by atoms with E-state index < -0.39 is 0 Å². The standard InChI is InChI=1S/C19H23N.C13H20.C7H10/c1-4-16(2)15-17(3)20(18-11-7-5-8-12-18)19-13-9-6-10-14-19;1-2-3-4-5-7-10-13-11-8-6-9-12-13;1-3-5-7-6-4-2/h4-13,16,19H,1,3,14-15H2,2H3;5-9,11,13H,2-4,10,12H2,1H3;3-7H,1H2,2H3/b;7-5+;6-4+,7-5-. The Morgan fingerprint density at radius 1 is 0.950 bits per heavy atom. The van der Waals surface area contributed by atoms with Crippen molar-refractivity contribution < 1.29 is 0 Å². The van der Waals surface area contributed by atoms with E-state index in [1.54, 1.807) is 6.08 Å². The van der Waals surface area contributed by atoms with E-state index in [9.17, 15) is 0 Å². The first-order chi connectivity index (χ1) is 19.6. The van der Waals surface area contributed by atoms with Crippen LogP contribution in [-0.2, 0) is 0 Å². The van der Waals surface area contributed by atoms with Gasteiger partial charge in [0, 0.05) is 11.4 Å². The smallest absolute Gasteiger partial charge is 0.0556 e. The maximum absolute atomic E-state index is 4.31. The lowest BCUT2D eigenvalue weighted by Gasteiger charge is -2.34. The summed E-state index contributed by atoms with van der Waals surface area (Å²) < 4.78 is 0. The molecule has 3 rings (SSSR count). The number of allylic oxidation sites excluding steroid dienone is 15. The number of unbranched alkanes of at least 4 members (excludes halogenated alkanes) is 2. The number of benzene rings is 1. The average molecular weight is 536 g/mol. The molecule has 1 nitrogen and oxygen atoms in total. The van der Waals surface area contributed by atoms with Gasteiger partial charge in [0.25, 0.3) is 0 Å². The van der Waals surface area contributed by atoms with Gasteiger partial charge in [0.2, 0.25) is 0 Å². The molecule has 1 aromatic rings. The first kappa shape index (κ1) is 34.4. The van der Waals surface area contributed by atoms with Gasteiger partial charge >= 0.3 is 0 Å². The Morgan fingerprint density at radius 3 is 2.25 bits per heavy atom. The van der Waals surface area contributed by atoms with E-state index in [2.05, 4.69) is 124 Å². The van der Waals surface area contributed by atoms with E-state index in [4.69, 9.17) is 0 Å². The Balaban J connectivity index is 0.000000343. The molecule has 3 atom stereocenters. The summed E-state index contributed by atoms with van der Waals surface area (Å²) in [7, 11) is 0. The summed E-state index contributed by atoms with van der Waals surface area (Å²) in [4.78, 5) is 2.35. The number of nitrogens with zero attached hydrogens (tertiary/aromatic N) is 1. The van der Waals surface area contributed by atoms with Crippen LogP contribution in [0.1, 0.15) is 65.7 Å². The second-order valence-corrected chi connectivity index (χ2v) is 10.1. The summed E-state index contributed by atoms with van der Waals surface area (Å²) in [5, 5.41) is 0. The molecular weight excluding hydrogens is 482 g/mol. The van der Waals surface area contributed by atoms with Gasteiger partial charge < -0.3 is 4.90 Å². The van der Waals surface area contributed by atoms with Crippen molar-refractivity contribution in [3.63, 3.8) is 0 Å². The largest absolute Gasteiger partial charge is 0.338 e. The Labute approximate surface area is 246 Å². The minimum atomic E-state index is 0.354. The van der Waals surface area contributed by atoms with Crippen LogP contribution in [0.15, 0.2) is 153 Å². The van der Waals surface area contributed by atoms with Crippen molar-refractivity contribution in [1.29, 1.82) is 0 Å². The van der Waals surface area contributed by atoms with Crippen LogP contribution in [0.25, 0.3) is 0 Å². The molecule has 0 radical (unpaired) electrons. The molecule has 0 saturated carbocycles. The molecule has 0 fully saturated rings. The molecule has 0 bridgehead atoms. The molecule has 0 saturated heterocycles. The summed E-state index contributed by atoms with van der Waals surface area (Å²) in [5.41, 5.74) is 2.35. The minimum absolute atomic E-state index is 0.354. The molecule has 0 amide bonds. The van der Waals surface area contributed by atoms with Crippen LogP contribution in [0.4, 0.5) is 5.69 Å². The van der Waals surface area contributed by atoms with E-state index >= 15 is 0 Å². The predicted molar refractivity (Wildman–Crippen MR) is 183 cm³/mol. The number of hydrogen-bond acceptors (Lipinski definition) is 1. The first-order valence-electron chi connectivity index (χ1n) is 14.9. The van der Waals surface area contributed by atoms with Crippen molar-refractivity contribution in [2.75, 3.05) is 4.90 Å². The summed E-state index contributed by atoms with van der Waals surface area (Å²) in [6.07, 6.45) is 42.0. The molecule has 0 aliphatic heterocycles. The summed E-state index contributed by atoms with van der Waals surface area (Å²) in [6.45, 7) is 18.1. The third-order valence-corrected chi connectivity index (χ3v) is 6.57. The normalized spacial score (nSPS) is 18.2. The van der Waals surface area contributed by atoms with Crippen molar-refractivity contribution >= 4 is 5.69 Å². The molecule has 1 heteroatoms. The number of para-hydroxylation sites is 1.